The summed E-state index contributed by atoms with van der Waals surface area (Å²) in [4.78, 5) is 14.7. The molecule has 0 unspecified atom stereocenters. The molecule has 1 amide bonds. The fourth-order valence-electron chi connectivity index (χ4n) is 3.38. The fraction of sp³-hybridized carbons (Fsp3) is 0.632. The highest BCUT2D eigenvalue weighted by Gasteiger charge is 2.11. The van der Waals surface area contributed by atoms with Gasteiger partial charge in [-0.05, 0) is 77.2 Å². The molecule has 0 spiro atoms. The van der Waals surface area contributed by atoms with Crippen LogP contribution < -0.4 is 5.32 Å². The van der Waals surface area contributed by atoms with Gasteiger partial charge in [0.25, 0.3) is 0 Å². The molecule has 1 aliphatic heterocycles. The normalized spacial score (nSPS) is 15.8. The molecule has 0 radical (unpaired) electrons. The Kier molecular flexibility index (Phi) is 6.44. The number of anilines is 1. The maximum absolute atomic E-state index is 12.1. The SMILES string of the molecule is Cc1cc(C)c(NC(=O)CCCCN2CCCCC2)c(C)c1. The Labute approximate surface area is 135 Å². The van der Waals surface area contributed by atoms with Crippen molar-refractivity contribution in [3.05, 3.63) is 28.8 Å². The first-order valence-corrected chi connectivity index (χ1v) is 8.66. The minimum absolute atomic E-state index is 0.147. The van der Waals surface area contributed by atoms with Gasteiger partial charge in [-0.15, -0.1) is 0 Å². The van der Waals surface area contributed by atoms with Gasteiger partial charge in [0.15, 0.2) is 0 Å². The van der Waals surface area contributed by atoms with Gasteiger partial charge in [-0.25, -0.2) is 0 Å². The van der Waals surface area contributed by atoms with Crippen molar-refractivity contribution in [3.63, 3.8) is 0 Å². The van der Waals surface area contributed by atoms with Crippen LogP contribution in [-0.4, -0.2) is 30.4 Å². The molecule has 1 N–H and O–H groups in total. The predicted molar refractivity (Wildman–Crippen MR) is 93.4 cm³/mol. The molecule has 2 rings (SSSR count). The van der Waals surface area contributed by atoms with Gasteiger partial charge in [-0.1, -0.05) is 24.1 Å². The highest BCUT2D eigenvalue weighted by Crippen LogP contribution is 2.22. The number of hydrogen-bond acceptors (Lipinski definition) is 2. The summed E-state index contributed by atoms with van der Waals surface area (Å²) >= 11 is 0. The summed E-state index contributed by atoms with van der Waals surface area (Å²) < 4.78 is 0. The van der Waals surface area contributed by atoms with E-state index in [2.05, 4.69) is 43.1 Å². The monoisotopic (exact) mass is 302 g/mol. The first-order chi connectivity index (χ1) is 10.6. The lowest BCUT2D eigenvalue weighted by molar-refractivity contribution is -0.116. The quantitative estimate of drug-likeness (QED) is 0.798. The third kappa shape index (κ3) is 5.13. The van der Waals surface area contributed by atoms with Gasteiger partial charge in [0.05, 0.1) is 0 Å². The maximum atomic E-state index is 12.1. The van der Waals surface area contributed by atoms with E-state index < -0.39 is 0 Å². The largest absolute Gasteiger partial charge is 0.326 e. The molecular formula is C19H30N2O. The summed E-state index contributed by atoms with van der Waals surface area (Å²) in [5.74, 6) is 0.147. The molecule has 1 heterocycles. The molecule has 0 saturated carbocycles. The van der Waals surface area contributed by atoms with Gasteiger partial charge >= 0.3 is 0 Å². The molecule has 1 fully saturated rings. The third-order valence-corrected chi connectivity index (χ3v) is 4.52. The summed E-state index contributed by atoms with van der Waals surface area (Å²) in [7, 11) is 0. The number of hydrogen-bond donors (Lipinski definition) is 1. The lowest BCUT2D eigenvalue weighted by Gasteiger charge is -2.26. The molecule has 0 bridgehead atoms. The molecule has 0 aromatic heterocycles. The van der Waals surface area contributed by atoms with Crippen LogP contribution in [0.15, 0.2) is 12.1 Å². The number of nitrogens with zero attached hydrogens (tertiary/aromatic N) is 1. The topological polar surface area (TPSA) is 32.3 Å². The highest BCUT2D eigenvalue weighted by atomic mass is 16.1. The molecule has 3 heteroatoms. The van der Waals surface area contributed by atoms with Gasteiger partial charge in [0.1, 0.15) is 0 Å². The molecular weight excluding hydrogens is 272 g/mol. The number of nitrogens with one attached hydrogen (secondary N) is 1. The number of aryl methyl sites for hydroxylation is 3. The second-order valence-electron chi connectivity index (χ2n) is 6.68. The van der Waals surface area contributed by atoms with Gasteiger partial charge in [-0.2, -0.15) is 0 Å². The average molecular weight is 302 g/mol. The van der Waals surface area contributed by atoms with Crippen molar-refractivity contribution in [2.24, 2.45) is 0 Å². The lowest BCUT2D eigenvalue weighted by atomic mass is 10.0. The van der Waals surface area contributed by atoms with E-state index in [9.17, 15) is 4.79 Å². The maximum Gasteiger partial charge on any atom is 0.224 e. The van der Waals surface area contributed by atoms with Gasteiger partial charge in [0.2, 0.25) is 5.91 Å². The number of amides is 1. The van der Waals surface area contributed by atoms with Crippen molar-refractivity contribution >= 4 is 11.6 Å². The van der Waals surface area contributed by atoms with Crippen LogP contribution >= 0.6 is 0 Å². The Morgan fingerprint density at radius 3 is 2.32 bits per heavy atom. The number of unbranched alkanes of at least 4 members (excludes halogenated alkanes) is 1. The second kappa shape index (κ2) is 8.33. The summed E-state index contributed by atoms with van der Waals surface area (Å²) in [6, 6.07) is 4.25. The van der Waals surface area contributed by atoms with Gasteiger partial charge in [-0.3, -0.25) is 4.79 Å². The standard InChI is InChI=1S/C19H30N2O/c1-15-13-16(2)19(17(3)14-15)20-18(22)9-5-8-12-21-10-6-4-7-11-21/h13-14H,4-12H2,1-3H3,(H,20,22). The number of carbonyl (C=O) groups excluding carboxylic acids is 1. The summed E-state index contributed by atoms with van der Waals surface area (Å²) in [6.07, 6.45) is 6.79. The zero-order chi connectivity index (χ0) is 15.9. The molecule has 3 nitrogen and oxygen atoms in total. The lowest BCUT2D eigenvalue weighted by Crippen LogP contribution is -2.30. The van der Waals surface area contributed by atoms with Crippen molar-refractivity contribution in [1.82, 2.24) is 4.90 Å². The Hall–Kier alpha value is -1.35. The van der Waals surface area contributed by atoms with E-state index in [1.807, 2.05) is 0 Å². The zero-order valence-corrected chi connectivity index (χ0v) is 14.4. The summed E-state index contributed by atoms with van der Waals surface area (Å²) in [5, 5.41) is 3.09. The van der Waals surface area contributed by atoms with Crippen LogP contribution in [0.5, 0.6) is 0 Å². The molecule has 0 aliphatic carbocycles. The van der Waals surface area contributed by atoms with Crippen molar-refractivity contribution in [3.8, 4) is 0 Å². The Balaban J connectivity index is 1.71. The first kappa shape index (κ1) is 17.0. The molecule has 22 heavy (non-hydrogen) atoms. The van der Waals surface area contributed by atoms with E-state index in [0.717, 1.165) is 36.2 Å². The molecule has 122 valence electrons. The summed E-state index contributed by atoms with van der Waals surface area (Å²) in [6.45, 7) is 9.85. The second-order valence-corrected chi connectivity index (χ2v) is 6.68. The van der Waals surface area contributed by atoms with Crippen LogP contribution in [0, 0.1) is 20.8 Å². The van der Waals surface area contributed by atoms with E-state index in [0.29, 0.717) is 6.42 Å². The number of carbonyl (C=O) groups is 1. The Morgan fingerprint density at radius 1 is 1.05 bits per heavy atom. The highest BCUT2D eigenvalue weighted by molar-refractivity contribution is 5.92. The minimum Gasteiger partial charge on any atom is -0.326 e. The van der Waals surface area contributed by atoms with Crippen molar-refractivity contribution < 1.29 is 4.79 Å². The van der Waals surface area contributed by atoms with Gasteiger partial charge in [0, 0.05) is 12.1 Å². The van der Waals surface area contributed by atoms with Gasteiger partial charge < -0.3 is 10.2 Å². The van der Waals surface area contributed by atoms with Crippen LogP contribution in [0.4, 0.5) is 5.69 Å². The first-order valence-electron chi connectivity index (χ1n) is 8.66. The smallest absolute Gasteiger partial charge is 0.224 e. The van der Waals surface area contributed by atoms with Crippen molar-refractivity contribution in [2.45, 2.75) is 59.3 Å². The average Bonchev–Trinajstić information content (AvgIpc) is 2.48. The van der Waals surface area contributed by atoms with E-state index in [4.69, 9.17) is 0 Å². The van der Waals surface area contributed by atoms with Crippen molar-refractivity contribution in [1.29, 1.82) is 0 Å². The number of rotatable bonds is 6. The van der Waals surface area contributed by atoms with E-state index in [1.165, 1.54) is 37.9 Å². The number of piperidine rings is 1. The molecule has 0 atom stereocenters. The number of benzene rings is 1. The zero-order valence-electron chi connectivity index (χ0n) is 14.4. The van der Waals surface area contributed by atoms with E-state index >= 15 is 0 Å². The van der Waals surface area contributed by atoms with Crippen molar-refractivity contribution in [2.75, 3.05) is 25.0 Å². The third-order valence-electron chi connectivity index (χ3n) is 4.52. The van der Waals surface area contributed by atoms with Crippen LogP contribution in [0.3, 0.4) is 0 Å². The minimum atomic E-state index is 0.147. The van der Waals surface area contributed by atoms with Crippen LogP contribution in [0.1, 0.15) is 55.2 Å². The Bertz CT molecular complexity index is 481. The summed E-state index contributed by atoms with van der Waals surface area (Å²) in [5.41, 5.74) is 4.54. The fourth-order valence-corrected chi connectivity index (χ4v) is 3.38. The molecule has 1 aliphatic rings. The van der Waals surface area contributed by atoms with Crippen LogP contribution in [-0.2, 0) is 4.79 Å². The van der Waals surface area contributed by atoms with Crippen LogP contribution in [0.2, 0.25) is 0 Å². The van der Waals surface area contributed by atoms with E-state index in [-0.39, 0.29) is 5.91 Å². The molecule has 1 saturated heterocycles. The van der Waals surface area contributed by atoms with E-state index in [1.54, 1.807) is 0 Å². The predicted octanol–water partition coefficient (Wildman–Crippen LogP) is 4.21. The molecule has 1 aromatic carbocycles. The molecule has 1 aromatic rings. The Morgan fingerprint density at radius 2 is 1.68 bits per heavy atom. The van der Waals surface area contributed by atoms with Crippen LogP contribution in [0.25, 0.3) is 0 Å². The number of likely N-dealkylation sites (tertiary alicyclic amines) is 1.